The van der Waals surface area contributed by atoms with Gasteiger partial charge in [-0.25, -0.2) is 12.8 Å². The van der Waals surface area contributed by atoms with E-state index in [4.69, 9.17) is 15.8 Å². The van der Waals surface area contributed by atoms with Crippen LogP contribution < -0.4 is 0 Å². The van der Waals surface area contributed by atoms with Gasteiger partial charge >= 0.3 is 0 Å². The summed E-state index contributed by atoms with van der Waals surface area (Å²) in [5, 5.41) is 8.97. The van der Waals surface area contributed by atoms with Crippen LogP contribution in [0, 0.1) is 5.82 Å². The first kappa shape index (κ1) is 10.7. The maximum Gasteiger partial charge on any atom is 0.264 e. The third kappa shape index (κ3) is 2.12. The predicted molar refractivity (Wildman–Crippen MR) is 48.8 cm³/mol. The molecule has 0 amide bonds. The Labute approximate surface area is 86.7 Å². The summed E-state index contributed by atoms with van der Waals surface area (Å²) in [5.74, 6) is -1.49. The lowest BCUT2D eigenvalue weighted by Crippen LogP contribution is -1.95. The minimum Gasteiger partial charge on any atom is -0.507 e. The highest BCUT2D eigenvalue weighted by molar-refractivity contribution is 9.10. The van der Waals surface area contributed by atoms with E-state index in [9.17, 15) is 12.8 Å². The van der Waals surface area contributed by atoms with Gasteiger partial charge < -0.3 is 5.11 Å². The molecule has 13 heavy (non-hydrogen) atoms. The lowest BCUT2D eigenvalue weighted by atomic mass is 10.3. The third-order valence-corrected chi connectivity index (χ3v) is 3.38. The summed E-state index contributed by atoms with van der Waals surface area (Å²) in [7, 11) is 0.801. The fourth-order valence-electron chi connectivity index (χ4n) is 0.710. The van der Waals surface area contributed by atoms with E-state index in [-0.39, 0.29) is 10.2 Å². The molecule has 1 aromatic carbocycles. The average Bonchev–Trinajstić information content (AvgIpc) is 1.98. The SMILES string of the molecule is O=S(=O)(Cl)c1ccc(O)c(Br)c1F. The van der Waals surface area contributed by atoms with Crippen LogP contribution in [0.2, 0.25) is 0 Å². The number of hydrogen-bond acceptors (Lipinski definition) is 3. The number of halogens is 3. The number of phenolic OH excluding ortho intramolecular Hbond substituents is 1. The second-order valence-electron chi connectivity index (χ2n) is 2.15. The van der Waals surface area contributed by atoms with Crippen molar-refractivity contribution >= 4 is 35.7 Å². The Morgan fingerprint density at radius 1 is 1.46 bits per heavy atom. The van der Waals surface area contributed by atoms with E-state index in [1.165, 1.54) is 0 Å². The van der Waals surface area contributed by atoms with Crippen LogP contribution >= 0.6 is 26.6 Å². The van der Waals surface area contributed by atoms with Crippen LogP contribution in [-0.4, -0.2) is 13.5 Å². The Bertz CT molecular complexity index is 445. The van der Waals surface area contributed by atoms with Gasteiger partial charge in [-0.3, -0.25) is 0 Å². The van der Waals surface area contributed by atoms with Crippen molar-refractivity contribution in [3.8, 4) is 5.75 Å². The number of benzene rings is 1. The zero-order valence-electron chi connectivity index (χ0n) is 5.96. The van der Waals surface area contributed by atoms with Gasteiger partial charge in [0.25, 0.3) is 9.05 Å². The topological polar surface area (TPSA) is 54.4 Å². The van der Waals surface area contributed by atoms with Crippen LogP contribution in [0.15, 0.2) is 21.5 Å². The Morgan fingerprint density at radius 2 is 2.00 bits per heavy atom. The summed E-state index contributed by atoms with van der Waals surface area (Å²) in [6.45, 7) is 0. The lowest BCUT2D eigenvalue weighted by molar-refractivity contribution is 0.460. The molecule has 0 saturated heterocycles. The Kier molecular flexibility index (Phi) is 2.84. The molecule has 0 saturated carbocycles. The number of rotatable bonds is 1. The average molecular weight is 290 g/mol. The van der Waals surface area contributed by atoms with Gasteiger partial charge in [0, 0.05) is 10.7 Å². The van der Waals surface area contributed by atoms with Crippen LogP contribution in [0.3, 0.4) is 0 Å². The number of aromatic hydroxyl groups is 1. The standard InChI is InChI=1S/C6H3BrClFO3S/c7-5-3(10)1-2-4(6(5)9)13(8,11)12/h1-2,10H. The fourth-order valence-corrected chi connectivity index (χ4v) is 2.09. The van der Waals surface area contributed by atoms with Gasteiger partial charge in [0.15, 0.2) is 5.82 Å². The molecule has 0 heterocycles. The fraction of sp³-hybridized carbons (Fsp3) is 0. The van der Waals surface area contributed by atoms with Crippen molar-refractivity contribution in [3.05, 3.63) is 22.4 Å². The van der Waals surface area contributed by atoms with Crippen LogP contribution in [0.25, 0.3) is 0 Å². The first-order valence-corrected chi connectivity index (χ1v) is 6.06. The lowest BCUT2D eigenvalue weighted by Gasteiger charge is -2.02. The summed E-state index contributed by atoms with van der Waals surface area (Å²) in [4.78, 5) is -0.668. The molecule has 1 aromatic rings. The molecule has 0 aliphatic rings. The van der Waals surface area contributed by atoms with E-state index < -0.39 is 19.8 Å². The van der Waals surface area contributed by atoms with Crippen molar-refractivity contribution < 1.29 is 17.9 Å². The summed E-state index contributed by atoms with van der Waals surface area (Å²) in [5.41, 5.74) is 0. The summed E-state index contributed by atoms with van der Waals surface area (Å²) >= 11 is 2.67. The maximum absolute atomic E-state index is 13.1. The molecule has 72 valence electrons. The molecule has 0 atom stereocenters. The maximum atomic E-state index is 13.1. The molecule has 0 aliphatic heterocycles. The summed E-state index contributed by atoms with van der Waals surface area (Å²) in [6.07, 6.45) is 0. The van der Waals surface area contributed by atoms with Gasteiger partial charge in [-0.05, 0) is 28.1 Å². The van der Waals surface area contributed by atoms with E-state index in [1.54, 1.807) is 0 Å². The minimum absolute atomic E-state index is 0.325. The van der Waals surface area contributed by atoms with Crippen LogP contribution in [0.5, 0.6) is 5.75 Å². The Hall–Kier alpha value is -0.330. The second kappa shape index (κ2) is 3.43. The number of phenols is 1. The highest BCUT2D eigenvalue weighted by atomic mass is 79.9. The molecule has 7 heteroatoms. The van der Waals surface area contributed by atoms with Crippen molar-refractivity contribution in [2.24, 2.45) is 0 Å². The molecule has 0 radical (unpaired) electrons. The summed E-state index contributed by atoms with van der Waals surface area (Å²) in [6, 6.07) is 1.92. The first-order valence-electron chi connectivity index (χ1n) is 2.95. The van der Waals surface area contributed by atoms with E-state index in [1.807, 2.05) is 0 Å². The molecule has 0 aromatic heterocycles. The highest BCUT2D eigenvalue weighted by Gasteiger charge is 2.19. The van der Waals surface area contributed by atoms with E-state index in [0.29, 0.717) is 0 Å². The van der Waals surface area contributed by atoms with E-state index >= 15 is 0 Å². The zero-order valence-corrected chi connectivity index (χ0v) is 9.12. The molecule has 0 spiro atoms. The zero-order chi connectivity index (χ0) is 10.2. The molecular formula is C6H3BrClFO3S. The Balaban J connectivity index is 3.53. The van der Waals surface area contributed by atoms with Crippen molar-refractivity contribution in [1.82, 2.24) is 0 Å². The molecule has 1 N–H and O–H groups in total. The van der Waals surface area contributed by atoms with Crippen LogP contribution in [-0.2, 0) is 9.05 Å². The smallest absolute Gasteiger partial charge is 0.264 e. The first-order chi connectivity index (χ1) is 5.84. The highest BCUT2D eigenvalue weighted by Crippen LogP contribution is 2.31. The predicted octanol–water partition coefficient (Wildman–Crippen LogP) is 2.22. The summed E-state index contributed by atoms with van der Waals surface area (Å²) < 4.78 is 34.2. The van der Waals surface area contributed by atoms with Crippen molar-refractivity contribution in [1.29, 1.82) is 0 Å². The van der Waals surface area contributed by atoms with Crippen molar-refractivity contribution in [3.63, 3.8) is 0 Å². The van der Waals surface area contributed by atoms with Gasteiger partial charge in [-0.15, -0.1) is 0 Å². The molecule has 0 unspecified atom stereocenters. The van der Waals surface area contributed by atoms with Crippen molar-refractivity contribution in [2.75, 3.05) is 0 Å². The van der Waals surface area contributed by atoms with Gasteiger partial charge in [0.05, 0.1) is 4.47 Å². The third-order valence-electron chi connectivity index (χ3n) is 1.29. The van der Waals surface area contributed by atoms with Crippen LogP contribution in [0.4, 0.5) is 4.39 Å². The monoisotopic (exact) mass is 288 g/mol. The normalized spacial score (nSPS) is 11.6. The second-order valence-corrected chi connectivity index (χ2v) is 5.48. The van der Waals surface area contributed by atoms with Crippen LogP contribution in [0.1, 0.15) is 0 Å². The number of hydrogen-bond donors (Lipinski definition) is 1. The largest absolute Gasteiger partial charge is 0.507 e. The molecule has 0 aliphatic carbocycles. The van der Waals surface area contributed by atoms with Crippen molar-refractivity contribution in [2.45, 2.75) is 4.90 Å². The van der Waals surface area contributed by atoms with Gasteiger partial charge in [0.2, 0.25) is 0 Å². The van der Waals surface area contributed by atoms with Gasteiger partial charge in [-0.2, -0.15) is 0 Å². The van der Waals surface area contributed by atoms with E-state index in [2.05, 4.69) is 15.9 Å². The quantitative estimate of drug-likeness (QED) is 0.807. The molecule has 0 bridgehead atoms. The minimum atomic E-state index is -4.12. The Morgan fingerprint density at radius 3 is 2.46 bits per heavy atom. The van der Waals surface area contributed by atoms with Gasteiger partial charge in [-0.1, -0.05) is 0 Å². The molecule has 0 fully saturated rings. The molecule has 1 rings (SSSR count). The van der Waals surface area contributed by atoms with E-state index in [0.717, 1.165) is 12.1 Å². The molecular weight excluding hydrogens is 286 g/mol. The van der Waals surface area contributed by atoms with Gasteiger partial charge in [0.1, 0.15) is 10.6 Å². The molecule has 3 nitrogen and oxygen atoms in total.